The number of carbonyl (C=O) groups excluding carboxylic acids is 1. The van der Waals surface area contributed by atoms with E-state index in [0.29, 0.717) is 17.1 Å². The van der Waals surface area contributed by atoms with Gasteiger partial charge < -0.3 is 4.74 Å². The molecule has 1 aliphatic rings. The minimum absolute atomic E-state index is 0.0784. The fourth-order valence-electron chi connectivity index (χ4n) is 2.20. The molecule has 0 N–H and O–H groups in total. The van der Waals surface area contributed by atoms with E-state index in [1.807, 2.05) is 19.1 Å². The fourth-order valence-corrected chi connectivity index (χ4v) is 2.44. The number of nitrogens with zero attached hydrogens (tertiary/aromatic N) is 1. The minimum atomic E-state index is 0.0784. The second-order valence-electron chi connectivity index (χ2n) is 4.67. The lowest BCUT2D eigenvalue weighted by Crippen LogP contribution is -2.34. The van der Waals surface area contributed by atoms with Gasteiger partial charge in [-0.3, -0.25) is 9.69 Å². The highest BCUT2D eigenvalue weighted by molar-refractivity contribution is 6.34. The Hall–Kier alpha value is -0.900. The summed E-state index contributed by atoms with van der Waals surface area (Å²) < 4.78 is 5.57. The van der Waals surface area contributed by atoms with Crippen LogP contribution in [-0.4, -0.2) is 43.0 Å². The summed E-state index contributed by atoms with van der Waals surface area (Å²) >= 11 is 6.03. The molecule has 0 spiro atoms. The van der Waals surface area contributed by atoms with Crippen LogP contribution in [0.3, 0.4) is 0 Å². The summed E-state index contributed by atoms with van der Waals surface area (Å²) in [6.45, 7) is 4.93. The Kier molecular flexibility index (Phi) is 4.75. The highest BCUT2D eigenvalue weighted by Gasteiger charge is 2.19. The summed E-state index contributed by atoms with van der Waals surface area (Å²) in [5.74, 6) is 0.0784. The zero-order valence-corrected chi connectivity index (χ0v) is 11.3. The zero-order valence-electron chi connectivity index (χ0n) is 10.6. The summed E-state index contributed by atoms with van der Waals surface area (Å²) in [7, 11) is 0. The van der Waals surface area contributed by atoms with Crippen molar-refractivity contribution < 1.29 is 9.53 Å². The van der Waals surface area contributed by atoms with Crippen molar-refractivity contribution in [3.05, 3.63) is 34.9 Å². The minimum Gasteiger partial charge on any atom is -0.377 e. The molecule has 0 radical (unpaired) electrons. The van der Waals surface area contributed by atoms with Crippen molar-refractivity contribution in [2.75, 3.05) is 26.2 Å². The Bertz CT molecular complexity index is 422. The Labute approximate surface area is 113 Å². The molecular weight excluding hydrogens is 250 g/mol. The van der Waals surface area contributed by atoms with Gasteiger partial charge in [0.15, 0.2) is 5.78 Å². The molecule has 4 heteroatoms. The lowest BCUT2D eigenvalue weighted by atomic mass is 10.1. The van der Waals surface area contributed by atoms with E-state index in [1.165, 1.54) is 0 Å². The first-order valence-electron chi connectivity index (χ1n) is 6.28. The van der Waals surface area contributed by atoms with Crippen molar-refractivity contribution in [2.45, 2.75) is 19.4 Å². The smallest absolute Gasteiger partial charge is 0.178 e. The van der Waals surface area contributed by atoms with Gasteiger partial charge in [-0.15, -0.1) is 0 Å². The SMILES string of the molecule is CC1CN(CC(=O)c2ccccc2Cl)CCCO1. The molecule has 0 saturated carbocycles. The number of ether oxygens (including phenoxy) is 1. The van der Waals surface area contributed by atoms with E-state index in [0.717, 1.165) is 26.1 Å². The van der Waals surface area contributed by atoms with Gasteiger partial charge >= 0.3 is 0 Å². The summed E-state index contributed by atoms with van der Waals surface area (Å²) in [5, 5.41) is 0.529. The van der Waals surface area contributed by atoms with Crippen LogP contribution in [0.1, 0.15) is 23.7 Å². The number of hydrogen-bond acceptors (Lipinski definition) is 3. The number of carbonyl (C=O) groups is 1. The van der Waals surface area contributed by atoms with E-state index in [9.17, 15) is 4.79 Å². The molecule has 0 aromatic heterocycles. The molecule has 18 heavy (non-hydrogen) atoms. The van der Waals surface area contributed by atoms with E-state index in [1.54, 1.807) is 12.1 Å². The van der Waals surface area contributed by atoms with E-state index in [4.69, 9.17) is 16.3 Å². The van der Waals surface area contributed by atoms with Gasteiger partial charge in [-0.2, -0.15) is 0 Å². The molecule has 1 unspecified atom stereocenters. The first-order valence-corrected chi connectivity index (χ1v) is 6.66. The standard InChI is InChI=1S/C14H18ClNO2/c1-11-9-16(7-4-8-18-11)10-14(17)12-5-2-3-6-13(12)15/h2-3,5-6,11H,4,7-10H2,1H3. The number of rotatable bonds is 3. The number of hydrogen-bond donors (Lipinski definition) is 0. The molecule has 1 aromatic carbocycles. The zero-order chi connectivity index (χ0) is 13.0. The molecule has 1 aliphatic heterocycles. The molecule has 0 bridgehead atoms. The van der Waals surface area contributed by atoms with Crippen molar-refractivity contribution >= 4 is 17.4 Å². The van der Waals surface area contributed by atoms with Crippen LogP contribution in [0.25, 0.3) is 0 Å². The molecule has 1 saturated heterocycles. The summed E-state index contributed by atoms with van der Waals surface area (Å²) in [6, 6.07) is 7.21. The van der Waals surface area contributed by atoms with Crippen molar-refractivity contribution in [1.29, 1.82) is 0 Å². The normalized spacial score (nSPS) is 21.6. The van der Waals surface area contributed by atoms with Crippen LogP contribution in [0, 0.1) is 0 Å². The molecule has 1 fully saturated rings. The Morgan fingerprint density at radius 2 is 2.28 bits per heavy atom. The number of halogens is 1. The van der Waals surface area contributed by atoms with E-state index in [-0.39, 0.29) is 11.9 Å². The van der Waals surface area contributed by atoms with Gasteiger partial charge in [-0.05, 0) is 25.5 Å². The van der Waals surface area contributed by atoms with Crippen LogP contribution in [0.2, 0.25) is 5.02 Å². The third-order valence-corrected chi connectivity index (χ3v) is 3.41. The van der Waals surface area contributed by atoms with Crippen molar-refractivity contribution in [3.8, 4) is 0 Å². The van der Waals surface area contributed by atoms with Crippen LogP contribution in [-0.2, 0) is 4.74 Å². The fraction of sp³-hybridized carbons (Fsp3) is 0.500. The highest BCUT2D eigenvalue weighted by Crippen LogP contribution is 2.16. The second-order valence-corrected chi connectivity index (χ2v) is 5.08. The molecular formula is C14H18ClNO2. The van der Waals surface area contributed by atoms with Gasteiger partial charge in [0.2, 0.25) is 0 Å². The number of benzene rings is 1. The molecule has 1 atom stereocenters. The monoisotopic (exact) mass is 267 g/mol. The van der Waals surface area contributed by atoms with Crippen LogP contribution in [0.5, 0.6) is 0 Å². The van der Waals surface area contributed by atoms with E-state index in [2.05, 4.69) is 4.90 Å². The van der Waals surface area contributed by atoms with Crippen molar-refractivity contribution in [3.63, 3.8) is 0 Å². The maximum atomic E-state index is 12.2. The van der Waals surface area contributed by atoms with Gasteiger partial charge in [0, 0.05) is 25.3 Å². The Morgan fingerprint density at radius 3 is 3.06 bits per heavy atom. The largest absolute Gasteiger partial charge is 0.377 e. The van der Waals surface area contributed by atoms with E-state index < -0.39 is 0 Å². The van der Waals surface area contributed by atoms with Crippen LogP contribution in [0.15, 0.2) is 24.3 Å². The van der Waals surface area contributed by atoms with E-state index >= 15 is 0 Å². The third kappa shape index (κ3) is 3.55. The molecule has 98 valence electrons. The summed E-state index contributed by atoms with van der Waals surface area (Å²) in [4.78, 5) is 14.3. The predicted molar refractivity (Wildman–Crippen MR) is 72.3 cm³/mol. The van der Waals surface area contributed by atoms with Crippen LogP contribution >= 0.6 is 11.6 Å². The number of ketones is 1. The van der Waals surface area contributed by atoms with Crippen LogP contribution < -0.4 is 0 Å². The van der Waals surface area contributed by atoms with Crippen molar-refractivity contribution in [1.82, 2.24) is 4.90 Å². The molecule has 1 heterocycles. The maximum absolute atomic E-state index is 12.2. The first kappa shape index (κ1) is 13.5. The Balaban J connectivity index is 2.00. The predicted octanol–water partition coefficient (Wildman–Crippen LogP) is 2.63. The van der Waals surface area contributed by atoms with Crippen molar-refractivity contribution in [2.24, 2.45) is 0 Å². The molecule has 3 nitrogen and oxygen atoms in total. The van der Waals surface area contributed by atoms with Gasteiger partial charge in [0.25, 0.3) is 0 Å². The summed E-state index contributed by atoms with van der Waals surface area (Å²) in [6.07, 6.45) is 1.16. The molecule has 0 amide bonds. The number of Topliss-reactive ketones (excluding diaryl/α,β-unsaturated/α-hetero) is 1. The average molecular weight is 268 g/mol. The van der Waals surface area contributed by atoms with Crippen LogP contribution in [0.4, 0.5) is 0 Å². The van der Waals surface area contributed by atoms with Gasteiger partial charge in [0.1, 0.15) is 0 Å². The molecule has 1 aromatic rings. The quantitative estimate of drug-likeness (QED) is 0.789. The maximum Gasteiger partial charge on any atom is 0.178 e. The summed E-state index contributed by atoms with van der Waals surface area (Å²) in [5.41, 5.74) is 0.608. The topological polar surface area (TPSA) is 29.5 Å². The van der Waals surface area contributed by atoms with Gasteiger partial charge in [-0.1, -0.05) is 23.7 Å². The molecule has 2 rings (SSSR count). The third-order valence-electron chi connectivity index (χ3n) is 3.08. The first-order chi connectivity index (χ1) is 8.66. The highest BCUT2D eigenvalue weighted by atomic mass is 35.5. The molecule has 0 aliphatic carbocycles. The van der Waals surface area contributed by atoms with Gasteiger partial charge in [0.05, 0.1) is 17.7 Å². The van der Waals surface area contributed by atoms with Gasteiger partial charge in [-0.25, -0.2) is 0 Å². The second kappa shape index (κ2) is 6.32. The lowest BCUT2D eigenvalue weighted by molar-refractivity contribution is 0.0657. The average Bonchev–Trinajstić information content (AvgIpc) is 2.54. The Morgan fingerprint density at radius 1 is 1.50 bits per heavy atom. The lowest BCUT2D eigenvalue weighted by Gasteiger charge is -2.20.